The highest BCUT2D eigenvalue weighted by Crippen LogP contribution is 2.40. The fraction of sp³-hybridized carbons (Fsp3) is 0.222. The van der Waals surface area contributed by atoms with Crippen LogP contribution in [0.4, 0.5) is 13.2 Å². The largest absolute Gasteiger partial charge is 0.543 e. The van der Waals surface area contributed by atoms with Gasteiger partial charge in [-0.1, -0.05) is 12.1 Å². The molecule has 3 heterocycles. The lowest BCUT2D eigenvalue weighted by atomic mass is 10.0. The normalized spacial score (nSPS) is 21.8. The molecule has 1 atom stereocenters. The van der Waals surface area contributed by atoms with Crippen LogP contribution >= 0.6 is 0 Å². The quantitative estimate of drug-likeness (QED) is 0.457. The number of pyridine rings is 1. The van der Waals surface area contributed by atoms with Gasteiger partial charge in [-0.3, -0.25) is 19.5 Å². The number of fused-ring (bicyclic) bond motifs is 1. The minimum absolute atomic E-state index is 0.191. The molecule has 2 aliphatic heterocycles. The van der Waals surface area contributed by atoms with Crippen LogP contribution in [-0.4, -0.2) is 59.9 Å². The van der Waals surface area contributed by atoms with Gasteiger partial charge in [-0.2, -0.15) is 13.2 Å². The predicted octanol–water partition coefficient (Wildman–Crippen LogP) is -0.700. The fourth-order valence-electron chi connectivity index (χ4n) is 3.05. The first kappa shape index (κ1) is 22.2. The third-order valence-corrected chi connectivity index (χ3v) is 6.15. The molecule has 0 radical (unpaired) electrons. The maximum Gasteiger partial charge on any atom is 0.405 e. The maximum absolute atomic E-state index is 12.7. The molecule has 1 saturated heterocycles. The Morgan fingerprint density at radius 3 is 2.61 bits per heavy atom. The summed E-state index contributed by atoms with van der Waals surface area (Å²) in [6.07, 6.45) is -0.741. The van der Waals surface area contributed by atoms with Crippen molar-refractivity contribution >= 4 is 33.7 Å². The number of hydrogen-bond acceptors (Lipinski definition) is 7. The number of β-lactam (4-membered cyclic amide) rings is 1. The topological polar surface area (TPSA) is 137 Å². The number of amides is 2. The minimum Gasteiger partial charge on any atom is -0.543 e. The van der Waals surface area contributed by atoms with Crippen molar-refractivity contribution in [3.8, 4) is 0 Å². The second-order valence-corrected chi connectivity index (χ2v) is 8.58. The second-order valence-electron chi connectivity index (χ2n) is 6.52. The summed E-state index contributed by atoms with van der Waals surface area (Å²) < 4.78 is 61.8. The monoisotopic (exact) mass is 456 g/mol. The molecule has 0 unspecified atom stereocenters. The van der Waals surface area contributed by atoms with Crippen molar-refractivity contribution in [1.82, 2.24) is 15.2 Å². The Labute approximate surface area is 173 Å². The number of carbonyl (C=O) groups is 3. The molecule has 164 valence electrons. The number of rotatable bonds is 5. The number of aliphatic carboxylic acids is 1. The van der Waals surface area contributed by atoms with E-state index in [1.54, 1.807) is 12.1 Å². The number of allylic oxidation sites excluding steroid dienone is 1. The zero-order valence-corrected chi connectivity index (χ0v) is 16.2. The number of carboxylic acids is 1. The maximum atomic E-state index is 12.7. The highest BCUT2D eigenvalue weighted by molar-refractivity contribution is 7.92. The summed E-state index contributed by atoms with van der Waals surface area (Å²) in [5.41, 5.74) is -1.15. The Bertz CT molecular complexity index is 1140. The third-order valence-electron chi connectivity index (χ3n) is 4.29. The summed E-state index contributed by atoms with van der Waals surface area (Å²) in [6.45, 7) is -1.63. The van der Waals surface area contributed by atoms with E-state index in [0.717, 1.165) is 6.08 Å². The zero-order chi connectivity index (χ0) is 23.0. The van der Waals surface area contributed by atoms with Crippen molar-refractivity contribution < 1.29 is 41.1 Å². The molecule has 1 fully saturated rings. The minimum atomic E-state index is -4.67. The molecule has 0 aliphatic carbocycles. The first-order chi connectivity index (χ1) is 14.4. The molecule has 31 heavy (non-hydrogen) atoms. The number of alkyl halides is 3. The van der Waals surface area contributed by atoms with Gasteiger partial charge in [0.05, 0.1) is 28.7 Å². The van der Waals surface area contributed by atoms with Crippen LogP contribution in [-0.2, 0) is 24.2 Å². The SMILES string of the molecule is O=C(/C=C/C1=C(C(=O)[O-])N2C(=O)/C(=C/c3ccccn3)[C@H]2S(=O)(=O)C1)NCC(F)(F)F. The van der Waals surface area contributed by atoms with E-state index in [9.17, 15) is 41.1 Å². The summed E-state index contributed by atoms with van der Waals surface area (Å²) in [5.74, 6) is -4.88. The number of halogens is 3. The van der Waals surface area contributed by atoms with Gasteiger partial charge in [-0.05, 0) is 23.8 Å². The van der Waals surface area contributed by atoms with Crippen molar-refractivity contribution in [3.63, 3.8) is 0 Å². The molecule has 0 aromatic carbocycles. The van der Waals surface area contributed by atoms with Crippen LogP contribution in [0, 0.1) is 0 Å². The van der Waals surface area contributed by atoms with E-state index in [2.05, 4.69) is 4.98 Å². The van der Waals surface area contributed by atoms with Crippen LogP contribution < -0.4 is 10.4 Å². The predicted molar refractivity (Wildman–Crippen MR) is 96.9 cm³/mol. The summed E-state index contributed by atoms with van der Waals surface area (Å²) in [6, 6.07) is 4.73. The molecule has 2 amide bonds. The lowest BCUT2D eigenvalue weighted by Gasteiger charge is -2.46. The average Bonchev–Trinajstić information content (AvgIpc) is 2.68. The molecule has 3 rings (SSSR count). The Kier molecular flexibility index (Phi) is 5.72. The molecule has 0 bridgehead atoms. The molecule has 13 heteroatoms. The van der Waals surface area contributed by atoms with Gasteiger partial charge in [-0.15, -0.1) is 0 Å². The van der Waals surface area contributed by atoms with Crippen molar-refractivity contribution in [3.05, 3.63) is 59.1 Å². The molecule has 0 saturated carbocycles. The van der Waals surface area contributed by atoms with E-state index >= 15 is 0 Å². The van der Waals surface area contributed by atoms with Gasteiger partial charge in [0.15, 0.2) is 15.2 Å². The standard InChI is InChI=1S/C18H14F3N3O6S/c19-18(20,21)9-23-13(25)5-4-10-8-31(29,30)16-12(7-11-3-1-2-6-22-11)15(26)24(16)14(10)17(27)28/h1-7,16H,8-9H2,(H,23,25)(H,27,28)/p-1/b5-4+,12-7-/t16-/m1/s1. The number of nitrogens with one attached hydrogen (secondary N) is 1. The van der Waals surface area contributed by atoms with Gasteiger partial charge >= 0.3 is 6.18 Å². The number of hydrogen-bond donors (Lipinski definition) is 1. The molecule has 2 aliphatic rings. The number of aromatic nitrogens is 1. The molecule has 0 spiro atoms. The lowest BCUT2D eigenvalue weighted by Crippen LogP contribution is -2.63. The number of carboxylic acid groups (broad SMARTS) is 1. The fourth-order valence-corrected chi connectivity index (χ4v) is 4.95. The molecule has 9 nitrogen and oxygen atoms in total. The smallest absolute Gasteiger partial charge is 0.405 e. The van der Waals surface area contributed by atoms with Gasteiger partial charge in [0.25, 0.3) is 5.91 Å². The van der Waals surface area contributed by atoms with E-state index < -0.39 is 62.7 Å². The Morgan fingerprint density at radius 2 is 2.03 bits per heavy atom. The molecule has 1 aromatic heterocycles. The number of carbonyl (C=O) groups excluding carboxylic acids is 3. The van der Waals surface area contributed by atoms with E-state index in [-0.39, 0.29) is 11.3 Å². The van der Waals surface area contributed by atoms with E-state index in [0.29, 0.717) is 11.0 Å². The van der Waals surface area contributed by atoms with Gasteiger partial charge in [0, 0.05) is 12.3 Å². The van der Waals surface area contributed by atoms with Crippen molar-refractivity contribution in [2.45, 2.75) is 11.6 Å². The Morgan fingerprint density at radius 1 is 1.32 bits per heavy atom. The van der Waals surface area contributed by atoms with Crippen LogP contribution in [0.25, 0.3) is 6.08 Å². The molecular weight excluding hydrogens is 443 g/mol. The summed E-state index contributed by atoms with van der Waals surface area (Å²) >= 11 is 0. The molecular formula is C18H13F3N3O6S-. The highest BCUT2D eigenvalue weighted by Gasteiger charge is 2.55. The first-order valence-electron chi connectivity index (χ1n) is 8.55. The first-order valence-corrected chi connectivity index (χ1v) is 10.3. The Hall–Kier alpha value is -3.48. The van der Waals surface area contributed by atoms with Crippen molar-refractivity contribution in [2.24, 2.45) is 0 Å². The number of nitrogens with zero attached hydrogens (tertiary/aromatic N) is 2. The van der Waals surface area contributed by atoms with Crippen LogP contribution in [0.2, 0.25) is 0 Å². The van der Waals surface area contributed by atoms with E-state index in [1.165, 1.54) is 23.7 Å². The average molecular weight is 456 g/mol. The van der Waals surface area contributed by atoms with Crippen LogP contribution in [0.1, 0.15) is 5.69 Å². The van der Waals surface area contributed by atoms with Crippen molar-refractivity contribution in [1.29, 1.82) is 0 Å². The second kappa shape index (κ2) is 7.98. The summed E-state index contributed by atoms with van der Waals surface area (Å²) in [4.78, 5) is 40.1. The summed E-state index contributed by atoms with van der Waals surface area (Å²) in [7, 11) is -4.13. The lowest BCUT2D eigenvalue weighted by molar-refractivity contribution is -0.301. The van der Waals surface area contributed by atoms with Crippen LogP contribution in [0.5, 0.6) is 0 Å². The van der Waals surface area contributed by atoms with Crippen molar-refractivity contribution in [2.75, 3.05) is 12.3 Å². The van der Waals surface area contributed by atoms with Gasteiger partial charge in [0.2, 0.25) is 5.91 Å². The number of sulfone groups is 1. The van der Waals surface area contributed by atoms with Gasteiger partial charge in [-0.25, -0.2) is 8.42 Å². The summed E-state index contributed by atoms with van der Waals surface area (Å²) in [5, 5.41) is 11.5. The van der Waals surface area contributed by atoms with Gasteiger partial charge in [0.1, 0.15) is 6.54 Å². The van der Waals surface area contributed by atoms with Gasteiger partial charge < -0.3 is 15.2 Å². The molecule has 1 N–H and O–H groups in total. The van der Waals surface area contributed by atoms with E-state index in [1.807, 2.05) is 0 Å². The van der Waals surface area contributed by atoms with E-state index in [4.69, 9.17) is 0 Å². The highest BCUT2D eigenvalue weighted by atomic mass is 32.2. The van der Waals surface area contributed by atoms with Crippen LogP contribution in [0.15, 0.2) is 53.4 Å². The Balaban J connectivity index is 1.93. The van der Waals surface area contributed by atoms with Crippen LogP contribution in [0.3, 0.4) is 0 Å². The third kappa shape index (κ3) is 4.66. The molecule has 1 aromatic rings. The zero-order valence-electron chi connectivity index (χ0n) is 15.4.